The van der Waals surface area contributed by atoms with E-state index in [1.165, 1.54) is 13.2 Å². The normalized spacial score (nSPS) is 12.9. The summed E-state index contributed by atoms with van der Waals surface area (Å²) in [7, 11) is 1.19. The second-order valence-electron chi connectivity index (χ2n) is 3.32. The van der Waals surface area contributed by atoms with E-state index in [0.29, 0.717) is 0 Å². The largest absolute Gasteiger partial charge is 0.479 e. The van der Waals surface area contributed by atoms with Crippen molar-refractivity contribution in [1.82, 2.24) is 0 Å². The molecule has 0 aromatic rings. The van der Waals surface area contributed by atoms with Gasteiger partial charge < -0.3 is 14.6 Å². The van der Waals surface area contributed by atoms with Crippen molar-refractivity contribution in [3.05, 3.63) is 23.1 Å². The Hall–Kier alpha value is -2.05. The van der Waals surface area contributed by atoms with Crippen molar-refractivity contribution in [2.24, 2.45) is 5.11 Å². The summed E-state index contributed by atoms with van der Waals surface area (Å²) >= 11 is 0. The van der Waals surface area contributed by atoms with Crippen LogP contribution in [0, 0.1) is 0 Å². The molecular formula is C10H15N3O5. The quantitative estimate of drug-likeness (QED) is 0.219. The van der Waals surface area contributed by atoms with E-state index in [4.69, 9.17) is 15.4 Å². The third-order valence-electron chi connectivity index (χ3n) is 2.02. The number of rotatable bonds is 9. The number of nitrogens with zero attached hydrogens (tertiary/aromatic N) is 3. The number of esters is 1. The lowest BCUT2D eigenvalue weighted by atomic mass is 10.1. The van der Waals surface area contributed by atoms with Crippen LogP contribution in [0.25, 0.3) is 10.4 Å². The zero-order valence-corrected chi connectivity index (χ0v) is 9.98. The van der Waals surface area contributed by atoms with Crippen molar-refractivity contribution in [3.8, 4) is 0 Å². The van der Waals surface area contributed by atoms with Gasteiger partial charge in [-0.05, 0) is 12.0 Å². The van der Waals surface area contributed by atoms with Gasteiger partial charge in [-0.3, -0.25) is 4.79 Å². The molecule has 0 rings (SSSR count). The molecule has 18 heavy (non-hydrogen) atoms. The standard InChI is InChI=1S/C10H15N3O5/c1-3-4-18-8(10(15)16)5-7(12-13-11)6-9(14)17-2/h3,7-8H,1,4-6H2,2H3,(H,15,16)/t7-,8-/m0/s1. The molecule has 0 spiro atoms. The summed E-state index contributed by atoms with van der Waals surface area (Å²) in [5, 5.41) is 12.3. The molecule has 0 unspecified atom stereocenters. The van der Waals surface area contributed by atoms with Gasteiger partial charge in [0.15, 0.2) is 6.10 Å². The molecule has 2 atom stereocenters. The number of ether oxygens (including phenoxy) is 2. The summed E-state index contributed by atoms with van der Waals surface area (Å²) in [6.07, 6.45) is -0.0636. The van der Waals surface area contributed by atoms with Crippen molar-refractivity contribution < 1.29 is 24.2 Å². The average Bonchev–Trinajstić information content (AvgIpc) is 2.33. The lowest BCUT2D eigenvalue weighted by Crippen LogP contribution is -2.29. The summed E-state index contributed by atoms with van der Waals surface area (Å²) in [6, 6.07) is -0.826. The topological polar surface area (TPSA) is 122 Å². The third kappa shape index (κ3) is 6.51. The Morgan fingerprint density at radius 1 is 1.61 bits per heavy atom. The van der Waals surface area contributed by atoms with E-state index >= 15 is 0 Å². The number of azide groups is 1. The third-order valence-corrected chi connectivity index (χ3v) is 2.02. The Bertz CT molecular complexity index is 351. The van der Waals surface area contributed by atoms with E-state index in [1.54, 1.807) is 0 Å². The maximum Gasteiger partial charge on any atom is 0.332 e. The molecule has 8 heteroatoms. The van der Waals surface area contributed by atoms with Crippen LogP contribution >= 0.6 is 0 Å². The summed E-state index contributed by atoms with van der Waals surface area (Å²) in [5.74, 6) is -1.78. The van der Waals surface area contributed by atoms with Crippen molar-refractivity contribution in [2.75, 3.05) is 13.7 Å². The molecule has 0 aromatic heterocycles. The van der Waals surface area contributed by atoms with E-state index in [9.17, 15) is 9.59 Å². The maximum atomic E-state index is 11.1. The number of carbonyl (C=O) groups is 2. The van der Waals surface area contributed by atoms with E-state index in [1.807, 2.05) is 0 Å². The number of carboxylic acid groups (broad SMARTS) is 1. The second kappa shape index (κ2) is 9.03. The zero-order chi connectivity index (χ0) is 14.0. The lowest BCUT2D eigenvalue weighted by Gasteiger charge is -2.16. The summed E-state index contributed by atoms with van der Waals surface area (Å²) < 4.78 is 9.42. The fraction of sp³-hybridized carbons (Fsp3) is 0.600. The minimum absolute atomic E-state index is 0.0537. The van der Waals surface area contributed by atoms with Gasteiger partial charge in [-0.15, -0.1) is 6.58 Å². The molecule has 0 heterocycles. The van der Waals surface area contributed by atoms with Crippen LogP contribution in [0.1, 0.15) is 12.8 Å². The zero-order valence-electron chi connectivity index (χ0n) is 9.98. The molecule has 0 saturated carbocycles. The van der Waals surface area contributed by atoms with E-state index in [-0.39, 0.29) is 19.4 Å². The van der Waals surface area contributed by atoms with Crippen LogP contribution in [-0.2, 0) is 19.1 Å². The monoisotopic (exact) mass is 257 g/mol. The van der Waals surface area contributed by atoms with Gasteiger partial charge in [-0.25, -0.2) is 4.79 Å². The molecule has 0 aliphatic rings. The maximum absolute atomic E-state index is 11.1. The van der Waals surface area contributed by atoms with Gasteiger partial charge in [0.05, 0.1) is 26.2 Å². The molecule has 0 saturated heterocycles. The van der Waals surface area contributed by atoms with Gasteiger partial charge in [0.2, 0.25) is 0 Å². The first kappa shape index (κ1) is 16.0. The minimum atomic E-state index is -1.19. The summed E-state index contributed by atoms with van der Waals surface area (Å²) in [5.41, 5.74) is 8.35. The molecule has 100 valence electrons. The summed E-state index contributed by atoms with van der Waals surface area (Å²) in [6.45, 7) is 3.45. The smallest absolute Gasteiger partial charge is 0.332 e. The van der Waals surface area contributed by atoms with Crippen molar-refractivity contribution in [3.63, 3.8) is 0 Å². The Morgan fingerprint density at radius 3 is 2.72 bits per heavy atom. The van der Waals surface area contributed by atoms with Gasteiger partial charge in [-0.2, -0.15) is 0 Å². The SMILES string of the molecule is C=CCO[C@@H](C[C@@H](CC(=O)OC)N=[N+]=[N-])C(=O)O. The van der Waals surface area contributed by atoms with Crippen molar-refractivity contribution in [1.29, 1.82) is 0 Å². The molecule has 0 fully saturated rings. The van der Waals surface area contributed by atoms with Crippen LogP contribution in [0.2, 0.25) is 0 Å². The molecule has 1 N–H and O–H groups in total. The van der Waals surface area contributed by atoms with Crippen LogP contribution in [0.15, 0.2) is 17.8 Å². The average molecular weight is 257 g/mol. The van der Waals surface area contributed by atoms with Crippen LogP contribution < -0.4 is 0 Å². The fourth-order valence-electron chi connectivity index (χ4n) is 1.19. The highest BCUT2D eigenvalue weighted by Crippen LogP contribution is 2.12. The second-order valence-corrected chi connectivity index (χ2v) is 3.32. The van der Waals surface area contributed by atoms with Crippen LogP contribution in [0.3, 0.4) is 0 Å². The number of hydrogen-bond donors (Lipinski definition) is 1. The van der Waals surface area contributed by atoms with Crippen molar-refractivity contribution >= 4 is 11.9 Å². The van der Waals surface area contributed by atoms with Gasteiger partial charge >= 0.3 is 11.9 Å². The van der Waals surface area contributed by atoms with Gasteiger partial charge in [0.1, 0.15) is 0 Å². The molecule has 0 bridgehead atoms. The van der Waals surface area contributed by atoms with Gasteiger partial charge in [-0.1, -0.05) is 11.2 Å². The van der Waals surface area contributed by atoms with Gasteiger partial charge in [0.25, 0.3) is 0 Å². The van der Waals surface area contributed by atoms with E-state index in [2.05, 4.69) is 21.3 Å². The molecule has 8 nitrogen and oxygen atoms in total. The van der Waals surface area contributed by atoms with Crippen molar-refractivity contribution in [2.45, 2.75) is 25.0 Å². The number of methoxy groups -OCH3 is 1. The van der Waals surface area contributed by atoms with Crippen LogP contribution in [0.5, 0.6) is 0 Å². The predicted octanol–water partition coefficient (Wildman–Crippen LogP) is 1.27. The molecule has 0 amide bonds. The van der Waals surface area contributed by atoms with Crippen LogP contribution in [-0.4, -0.2) is 42.9 Å². The molecule has 0 aliphatic heterocycles. The first-order valence-electron chi connectivity index (χ1n) is 5.11. The van der Waals surface area contributed by atoms with E-state index < -0.39 is 24.1 Å². The summed E-state index contributed by atoms with van der Waals surface area (Å²) in [4.78, 5) is 24.5. The molecular weight excluding hydrogens is 242 g/mol. The minimum Gasteiger partial charge on any atom is -0.479 e. The Morgan fingerprint density at radius 2 is 2.28 bits per heavy atom. The number of hydrogen-bond acceptors (Lipinski definition) is 5. The number of carbonyl (C=O) groups excluding carboxylic acids is 1. The first-order valence-corrected chi connectivity index (χ1v) is 5.11. The predicted molar refractivity (Wildman–Crippen MR) is 61.8 cm³/mol. The number of aliphatic carboxylic acids is 1. The molecule has 0 aliphatic carbocycles. The molecule has 0 radical (unpaired) electrons. The highest BCUT2D eigenvalue weighted by Gasteiger charge is 2.24. The van der Waals surface area contributed by atoms with Gasteiger partial charge in [0, 0.05) is 4.91 Å². The Balaban J connectivity index is 4.59. The number of carboxylic acids is 1. The molecule has 0 aromatic carbocycles. The fourth-order valence-corrected chi connectivity index (χ4v) is 1.19. The first-order chi connectivity index (χ1) is 8.54. The van der Waals surface area contributed by atoms with Crippen LogP contribution in [0.4, 0.5) is 0 Å². The van der Waals surface area contributed by atoms with E-state index in [0.717, 1.165) is 0 Å². The Labute approximate surface area is 104 Å². The highest BCUT2D eigenvalue weighted by atomic mass is 16.5. The lowest BCUT2D eigenvalue weighted by molar-refractivity contribution is -0.151. The Kier molecular flexibility index (Phi) is 8.00. The highest BCUT2D eigenvalue weighted by molar-refractivity contribution is 5.73.